The number of aromatic nitrogens is 1. The molecule has 0 aliphatic rings. The number of anilines is 1. The van der Waals surface area contributed by atoms with Crippen LogP contribution < -0.4 is 10.5 Å². The zero-order chi connectivity index (χ0) is 14.1. The molecule has 2 aromatic carbocycles. The minimum absolute atomic E-state index is 0.187. The van der Waals surface area contributed by atoms with Gasteiger partial charge in [0.25, 0.3) is 0 Å². The quantitative estimate of drug-likeness (QED) is 0.733. The highest BCUT2D eigenvalue weighted by molar-refractivity contribution is 6.37. The molecule has 0 aliphatic heterocycles. The van der Waals surface area contributed by atoms with E-state index in [2.05, 4.69) is 4.98 Å². The van der Waals surface area contributed by atoms with Gasteiger partial charge in [-0.15, -0.1) is 0 Å². The first-order chi connectivity index (χ1) is 9.61. The van der Waals surface area contributed by atoms with Gasteiger partial charge in [0.05, 0.1) is 5.02 Å². The number of rotatable bonds is 3. The van der Waals surface area contributed by atoms with E-state index in [1.807, 2.05) is 12.1 Å². The van der Waals surface area contributed by atoms with E-state index < -0.39 is 0 Å². The Kier molecular flexibility index (Phi) is 3.42. The SMILES string of the molecule is Nc1cccc(OCc2nc3cc(Cl)cc(Cl)c3o2)c1. The molecule has 0 saturated carbocycles. The van der Waals surface area contributed by atoms with Crippen LogP contribution in [0.15, 0.2) is 40.8 Å². The van der Waals surface area contributed by atoms with Gasteiger partial charge in [-0.25, -0.2) is 4.98 Å². The van der Waals surface area contributed by atoms with Gasteiger partial charge in [-0.2, -0.15) is 0 Å². The predicted molar refractivity (Wildman–Crippen MR) is 79.2 cm³/mol. The van der Waals surface area contributed by atoms with Gasteiger partial charge in [0, 0.05) is 16.8 Å². The molecule has 3 aromatic rings. The van der Waals surface area contributed by atoms with Crippen molar-refractivity contribution in [2.75, 3.05) is 5.73 Å². The van der Waals surface area contributed by atoms with Gasteiger partial charge in [0.2, 0.25) is 5.89 Å². The van der Waals surface area contributed by atoms with Crippen LogP contribution in [-0.2, 0) is 6.61 Å². The van der Waals surface area contributed by atoms with Gasteiger partial charge in [-0.05, 0) is 24.3 Å². The van der Waals surface area contributed by atoms with Gasteiger partial charge in [-0.1, -0.05) is 29.3 Å². The summed E-state index contributed by atoms with van der Waals surface area (Å²) in [7, 11) is 0. The second-order valence-corrected chi connectivity index (χ2v) is 5.05. The van der Waals surface area contributed by atoms with Crippen LogP contribution in [0.3, 0.4) is 0 Å². The molecule has 0 amide bonds. The number of hydrogen-bond acceptors (Lipinski definition) is 4. The summed E-state index contributed by atoms with van der Waals surface area (Å²) < 4.78 is 11.1. The van der Waals surface area contributed by atoms with E-state index in [1.54, 1.807) is 24.3 Å². The molecule has 102 valence electrons. The molecule has 3 rings (SSSR count). The second kappa shape index (κ2) is 5.23. The lowest BCUT2D eigenvalue weighted by atomic mass is 10.3. The molecule has 0 spiro atoms. The summed E-state index contributed by atoms with van der Waals surface area (Å²) in [5.74, 6) is 1.07. The number of hydrogen-bond donors (Lipinski definition) is 1. The normalized spacial score (nSPS) is 10.9. The maximum atomic E-state index is 6.04. The molecule has 4 nitrogen and oxygen atoms in total. The predicted octanol–water partition coefficient (Wildman–Crippen LogP) is 4.30. The topological polar surface area (TPSA) is 61.3 Å². The third-order valence-electron chi connectivity index (χ3n) is 2.67. The Morgan fingerprint density at radius 1 is 1.20 bits per heavy atom. The van der Waals surface area contributed by atoms with Crippen LogP contribution in [0.25, 0.3) is 11.1 Å². The minimum Gasteiger partial charge on any atom is -0.484 e. The molecule has 20 heavy (non-hydrogen) atoms. The number of nitrogen functional groups attached to an aromatic ring is 1. The first-order valence-electron chi connectivity index (χ1n) is 5.84. The number of nitrogens with zero attached hydrogens (tertiary/aromatic N) is 1. The van der Waals surface area contributed by atoms with Crippen LogP contribution in [0, 0.1) is 0 Å². The summed E-state index contributed by atoms with van der Waals surface area (Å²) in [6.07, 6.45) is 0. The number of oxazole rings is 1. The number of nitrogens with two attached hydrogens (primary N) is 1. The molecule has 0 saturated heterocycles. The van der Waals surface area contributed by atoms with Gasteiger partial charge >= 0.3 is 0 Å². The first kappa shape index (κ1) is 13.1. The van der Waals surface area contributed by atoms with Crippen LogP contribution in [0.2, 0.25) is 10.0 Å². The number of benzene rings is 2. The second-order valence-electron chi connectivity index (χ2n) is 4.20. The molecule has 2 N–H and O–H groups in total. The Bertz CT molecular complexity index is 771. The summed E-state index contributed by atoms with van der Waals surface area (Å²) in [5, 5.41) is 0.939. The largest absolute Gasteiger partial charge is 0.484 e. The van der Waals surface area contributed by atoms with Crippen molar-refractivity contribution in [3.63, 3.8) is 0 Å². The van der Waals surface area contributed by atoms with E-state index in [9.17, 15) is 0 Å². The summed E-state index contributed by atoms with van der Waals surface area (Å²) >= 11 is 12.0. The Labute approximate surface area is 125 Å². The lowest BCUT2D eigenvalue weighted by molar-refractivity contribution is 0.267. The first-order valence-corrected chi connectivity index (χ1v) is 6.60. The Morgan fingerprint density at radius 2 is 2.05 bits per heavy atom. The van der Waals surface area contributed by atoms with Crippen molar-refractivity contribution < 1.29 is 9.15 Å². The van der Waals surface area contributed by atoms with Gasteiger partial charge in [0.1, 0.15) is 11.3 Å². The third-order valence-corrected chi connectivity index (χ3v) is 3.17. The van der Waals surface area contributed by atoms with Crippen molar-refractivity contribution in [1.82, 2.24) is 4.98 Å². The highest BCUT2D eigenvalue weighted by atomic mass is 35.5. The molecule has 6 heteroatoms. The van der Waals surface area contributed by atoms with Gasteiger partial charge < -0.3 is 14.9 Å². The Balaban J connectivity index is 1.83. The Morgan fingerprint density at radius 3 is 2.85 bits per heavy atom. The molecule has 0 atom stereocenters. The molecular weight excluding hydrogens is 299 g/mol. The summed E-state index contributed by atoms with van der Waals surface area (Å²) in [4.78, 5) is 4.28. The van der Waals surface area contributed by atoms with Crippen LogP contribution in [0.5, 0.6) is 5.75 Å². The minimum atomic E-state index is 0.187. The zero-order valence-corrected chi connectivity index (χ0v) is 11.8. The average Bonchev–Trinajstić information content (AvgIpc) is 2.80. The standard InChI is InChI=1S/C14H10Cl2N2O2/c15-8-4-11(16)14-12(5-8)18-13(20-14)7-19-10-3-1-2-9(17)6-10/h1-6H,7,17H2. The monoisotopic (exact) mass is 308 g/mol. The maximum Gasteiger partial charge on any atom is 0.233 e. The van der Waals surface area contributed by atoms with Crippen molar-refractivity contribution in [3.05, 3.63) is 52.3 Å². The highest BCUT2D eigenvalue weighted by Crippen LogP contribution is 2.28. The molecule has 1 aromatic heterocycles. The molecule has 0 unspecified atom stereocenters. The molecule has 0 aliphatic carbocycles. The van der Waals surface area contributed by atoms with Gasteiger partial charge in [0.15, 0.2) is 12.2 Å². The number of fused-ring (bicyclic) bond motifs is 1. The van der Waals surface area contributed by atoms with Crippen molar-refractivity contribution in [2.24, 2.45) is 0 Å². The summed E-state index contributed by atoms with van der Waals surface area (Å²) in [6.45, 7) is 0.187. The fourth-order valence-corrected chi connectivity index (χ4v) is 2.34. The van der Waals surface area contributed by atoms with Crippen molar-refractivity contribution >= 4 is 40.0 Å². The van der Waals surface area contributed by atoms with Crippen LogP contribution >= 0.6 is 23.2 Å². The maximum absolute atomic E-state index is 6.04. The van der Waals surface area contributed by atoms with E-state index in [4.69, 9.17) is 38.1 Å². The van der Waals surface area contributed by atoms with E-state index in [-0.39, 0.29) is 6.61 Å². The summed E-state index contributed by atoms with van der Waals surface area (Å²) in [5.41, 5.74) is 7.42. The van der Waals surface area contributed by atoms with E-state index in [0.717, 1.165) is 0 Å². The van der Waals surface area contributed by atoms with Crippen LogP contribution in [0.4, 0.5) is 5.69 Å². The van der Waals surface area contributed by atoms with Crippen molar-refractivity contribution in [1.29, 1.82) is 0 Å². The van der Waals surface area contributed by atoms with E-state index >= 15 is 0 Å². The number of ether oxygens (including phenoxy) is 1. The van der Waals surface area contributed by atoms with Crippen molar-refractivity contribution in [2.45, 2.75) is 6.61 Å². The smallest absolute Gasteiger partial charge is 0.233 e. The molecule has 0 fully saturated rings. The number of halogens is 2. The lowest BCUT2D eigenvalue weighted by Crippen LogP contribution is -1.96. The third kappa shape index (κ3) is 2.66. The van der Waals surface area contributed by atoms with Crippen LogP contribution in [0.1, 0.15) is 5.89 Å². The van der Waals surface area contributed by atoms with E-state index in [0.29, 0.717) is 38.5 Å². The van der Waals surface area contributed by atoms with Crippen LogP contribution in [-0.4, -0.2) is 4.98 Å². The van der Waals surface area contributed by atoms with E-state index in [1.165, 1.54) is 0 Å². The summed E-state index contributed by atoms with van der Waals surface area (Å²) in [6, 6.07) is 10.4. The Hall–Kier alpha value is -1.91. The fourth-order valence-electron chi connectivity index (χ4n) is 1.82. The molecule has 0 bridgehead atoms. The fraction of sp³-hybridized carbons (Fsp3) is 0.0714. The van der Waals surface area contributed by atoms with Gasteiger partial charge in [-0.3, -0.25) is 0 Å². The lowest BCUT2D eigenvalue weighted by Gasteiger charge is -2.03. The highest BCUT2D eigenvalue weighted by Gasteiger charge is 2.11. The molecule has 0 radical (unpaired) electrons. The zero-order valence-electron chi connectivity index (χ0n) is 10.3. The molecule has 1 heterocycles. The molecular formula is C14H10Cl2N2O2. The van der Waals surface area contributed by atoms with Crippen molar-refractivity contribution in [3.8, 4) is 5.75 Å². The average molecular weight is 309 g/mol.